The van der Waals surface area contributed by atoms with E-state index >= 15 is 0 Å². The minimum Gasteiger partial charge on any atom is -0.324 e. The van der Waals surface area contributed by atoms with Gasteiger partial charge in [0.2, 0.25) is 11.8 Å². The van der Waals surface area contributed by atoms with Gasteiger partial charge in [-0.25, -0.2) is 4.68 Å². The lowest BCUT2D eigenvalue weighted by Gasteiger charge is -2.22. The van der Waals surface area contributed by atoms with Gasteiger partial charge in [-0.2, -0.15) is 5.10 Å². The third-order valence-electron chi connectivity index (χ3n) is 4.95. The molecule has 1 aromatic heterocycles. The van der Waals surface area contributed by atoms with Gasteiger partial charge in [0.25, 0.3) is 5.56 Å². The Kier molecular flexibility index (Phi) is 4.65. The lowest BCUT2D eigenvalue weighted by atomic mass is 10.2. The van der Waals surface area contributed by atoms with Crippen molar-refractivity contribution in [3.8, 4) is 0 Å². The van der Waals surface area contributed by atoms with E-state index in [1.807, 2.05) is 19.1 Å². The third kappa shape index (κ3) is 3.38. The van der Waals surface area contributed by atoms with Crippen molar-refractivity contribution in [1.29, 1.82) is 0 Å². The molecule has 2 amide bonds. The van der Waals surface area contributed by atoms with Gasteiger partial charge < -0.3 is 10.2 Å². The van der Waals surface area contributed by atoms with Crippen molar-refractivity contribution in [1.82, 2.24) is 9.78 Å². The Morgan fingerprint density at radius 3 is 2.79 bits per heavy atom. The molecule has 1 fully saturated rings. The van der Waals surface area contributed by atoms with Crippen LogP contribution in [0.5, 0.6) is 0 Å². The summed E-state index contributed by atoms with van der Waals surface area (Å²) in [6.07, 6.45) is 2.94. The molecule has 1 unspecified atom stereocenters. The summed E-state index contributed by atoms with van der Waals surface area (Å²) < 4.78 is 1.15. The highest BCUT2D eigenvalue weighted by Gasteiger charge is 2.28. The van der Waals surface area contributed by atoms with E-state index in [4.69, 9.17) is 0 Å². The normalized spacial score (nSPS) is 16.5. The summed E-state index contributed by atoms with van der Waals surface area (Å²) in [6.45, 7) is 1.82. The van der Waals surface area contributed by atoms with E-state index in [-0.39, 0.29) is 30.0 Å². The minimum absolute atomic E-state index is 0.0860. The second kappa shape index (κ2) is 7.26. The molecule has 1 aliphatic heterocycles. The van der Waals surface area contributed by atoms with Crippen LogP contribution in [0.15, 0.2) is 59.5 Å². The van der Waals surface area contributed by atoms with Crippen molar-refractivity contribution in [3.63, 3.8) is 0 Å². The molecule has 1 atom stereocenters. The SMILES string of the molecule is CC1CCC(=O)N1c1cccc(NC(=O)Cn2ncc3ccccc3c2=O)c1. The van der Waals surface area contributed by atoms with Gasteiger partial charge in [0.1, 0.15) is 6.54 Å². The van der Waals surface area contributed by atoms with Crippen molar-refractivity contribution in [2.75, 3.05) is 10.2 Å². The van der Waals surface area contributed by atoms with Crippen LogP contribution >= 0.6 is 0 Å². The molecule has 142 valence electrons. The number of anilines is 2. The molecule has 7 heteroatoms. The molecule has 0 bridgehead atoms. The van der Waals surface area contributed by atoms with Crippen LogP contribution in [-0.4, -0.2) is 27.6 Å². The molecule has 1 aliphatic rings. The first-order chi connectivity index (χ1) is 13.5. The number of rotatable bonds is 4. The zero-order valence-electron chi connectivity index (χ0n) is 15.5. The lowest BCUT2D eigenvalue weighted by molar-refractivity contribution is -0.117. The fourth-order valence-electron chi connectivity index (χ4n) is 3.54. The van der Waals surface area contributed by atoms with Crippen LogP contribution in [0.2, 0.25) is 0 Å². The van der Waals surface area contributed by atoms with Crippen molar-refractivity contribution in [2.45, 2.75) is 32.4 Å². The van der Waals surface area contributed by atoms with Gasteiger partial charge in [-0.15, -0.1) is 0 Å². The first kappa shape index (κ1) is 17.9. The zero-order valence-corrected chi connectivity index (χ0v) is 15.5. The average Bonchev–Trinajstić information content (AvgIpc) is 3.03. The predicted octanol–water partition coefficient (Wildman–Crippen LogP) is 2.55. The maximum atomic E-state index is 12.5. The van der Waals surface area contributed by atoms with Gasteiger partial charge >= 0.3 is 0 Å². The number of benzene rings is 2. The highest BCUT2D eigenvalue weighted by atomic mass is 16.2. The number of fused-ring (bicyclic) bond motifs is 1. The monoisotopic (exact) mass is 376 g/mol. The fourth-order valence-corrected chi connectivity index (χ4v) is 3.54. The van der Waals surface area contributed by atoms with Gasteiger partial charge in [-0.1, -0.05) is 24.3 Å². The number of hydrogen-bond donors (Lipinski definition) is 1. The highest BCUT2D eigenvalue weighted by Crippen LogP contribution is 2.28. The Hall–Kier alpha value is -3.48. The van der Waals surface area contributed by atoms with Crippen molar-refractivity contribution >= 4 is 34.0 Å². The molecule has 2 aromatic carbocycles. The molecule has 28 heavy (non-hydrogen) atoms. The Bertz CT molecular complexity index is 1120. The summed E-state index contributed by atoms with van der Waals surface area (Å²) >= 11 is 0. The standard InChI is InChI=1S/C21H20N4O3/c1-14-9-10-20(27)25(14)17-7-4-6-16(11-17)23-19(26)13-24-21(28)18-8-3-2-5-15(18)12-22-24/h2-8,11-12,14H,9-10,13H2,1H3,(H,23,26). The third-order valence-corrected chi connectivity index (χ3v) is 4.95. The highest BCUT2D eigenvalue weighted by molar-refractivity contribution is 5.97. The van der Waals surface area contributed by atoms with E-state index in [9.17, 15) is 14.4 Å². The molecule has 7 nitrogen and oxygen atoms in total. The summed E-state index contributed by atoms with van der Waals surface area (Å²) in [7, 11) is 0. The molecule has 0 aliphatic carbocycles. The molecule has 1 saturated heterocycles. The summed E-state index contributed by atoms with van der Waals surface area (Å²) in [5, 5.41) is 8.12. The van der Waals surface area contributed by atoms with Crippen molar-refractivity contribution in [3.05, 3.63) is 65.1 Å². The van der Waals surface area contributed by atoms with E-state index in [1.54, 1.807) is 47.5 Å². The second-order valence-electron chi connectivity index (χ2n) is 6.94. The van der Waals surface area contributed by atoms with Crippen molar-refractivity contribution in [2.24, 2.45) is 0 Å². The zero-order chi connectivity index (χ0) is 19.7. The summed E-state index contributed by atoms with van der Waals surface area (Å²) in [4.78, 5) is 38.8. The fraction of sp³-hybridized carbons (Fsp3) is 0.238. The van der Waals surface area contributed by atoms with Crippen LogP contribution in [0.4, 0.5) is 11.4 Å². The molecule has 3 aromatic rings. The molecule has 2 heterocycles. The maximum Gasteiger partial charge on any atom is 0.275 e. The number of aromatic nitrogens is 2. The van der Waals surface area contributed by atoms with Crippen LogP contribution in [-0.2, 0) is 16.1 Å². The lowest BCUT2D eigenvalue weighted by Crippen LogP contribution is -2.31. The molecule has 1 N–H and O–H groups in total. The van der Waals surface area contributed by atoms with Gasteiger partial charge in [0.15, 0.2) is 0 Å². The van der Waals surface area contributed by atoms with Crippen LogP contribution in [0.1, 0.15) is 19.8 Å². The quantitative estimate of drug-likeness (QED) is 0.758. The van der Waals surface area contributed by atoms with Crippen LogP contribution < -0.4 is 15.8 Å². The first-order valence-electron chi connectivity index (χ1n) is 9.20. The number of carbonyl (C=O) groups excluding carboxylic acids is 2. The molecular weight excluding hydrogens is 356 g/mol. The minimum atomic E-state index is -0.358. The molecular formula is C21H20N4O3. The molecule has 0 spiro atoms. The second-order valence-corrected chi connectivity index (χ2v) is 6.94. The van der Waals surface area contributed by atoms with E-state index < -0.39 is 0 Å². The van der Waals surface area contributed by atoms with Crippen LogP contribution in [0, 0.1) is 0 Å². The smallest absolute Gasteiger partial charge is 0.275 e. The number of nitrogens with zero attached hydrogens (tertiary/aromatic N) is 3. The molecule has 4 rings (SSSR count). The summed E-state index contributed by atoms with van der Waals surface area (Å²) in [6, 6.07) is 14.4. The Morgan fingerprint density at radius 1 is 1.18 bits per heavy atom. The number of nitrogens with one attached hydrogen (secondary N) is 1. The molecule has 0 saturated carbocycles. The maximum absolute atomic E-state index is 12.5. The number of hydrogen-bond acceptors (Lipinski definition) is 4. The van der Waals surface area contributed by atoms with E-state index in [0.29, 0.717) is 17.5 Å². The van der Waals surface area contributed by atoms with Crippen LogP contribution in [0.25, 0.3) is 10.8 Å². The Morgan fingerprint density at radius 2 is 2.00 bits per heavy atom. The molecule has 0 radical (unpaired) electrons. The van der Waals surface area contributed by atoms with Crippen molar-refractivity contribution < 1.29 is 9.59 Å². The topological polar surface area (TPSA) is 84.3 Å². The van der Waals surface area contributed by atoms with Crippen LogP contribution in [0.3, 0.4) is 0 Å². The van der Waals surface area contributed by atoms with E-state index in [1.165, 1.54) is 0 Å². The largest absolute Gasteiger partial charge is 0.324 e. The predicted molar refractivity (Wildman–Crippen MR) is 107 cm³/mol. The summed E-state index contributed by atoms with van der Waals surface area (Å²) in [5.74, 6) is -0.272. The van der Waals surface area contributed by atoms with Gasteiger partial charge in [-0.05, 0) is 37.6 Å². The van der Waals surface area contributed by atoms with E-state index in [2.05, 4.69) is 10.4 Å². The van der Waals surface area contributed by atoms with E-state index in [0.717, 1.165) is 22.2 Å². The van der Waals surface area contributed by atoms with Gasteiger partial charge in [0, 0.05) is 29.2 Å². The number of amides is 2. The first-order valence-corrected chi connectivity index (χ1v) is 9.20. The van der Waals surface area contributed by atoms with Gasteiger partial charge in [-0.3, -0.25) is 14.4 Å². The number of carbonyl (C=O) groups is 2. The van der Waals surface area contributed by atoms with Gasteiger partial charge in [0.05, 0.1) is 11.6 Å². The Labute approximate surface area is 161 Å². The summed E-state index contributed by atoms with van der Waals surface area (Å²) in [5.41, 5.74) is 1.02. The average molecular weight is 376 g/mol. The Balaban J connectivity index is 1.52.